The Morgan fingerprint density at radius 1 is 1.37 bits per heavy atom. The Kier molecular flexibility index (Phi) is 4.62. The monoisotopic (exact) mass is 292 g/mol. The summed E-state index contributed by atoms with van der Waals surface area (Å²) in [6, 6.07) is 2.52. The number of alkyl halides is 2. The second-order valence-electron chi connectivity index (χ2n) is 3.93. The minimum absolute atomic E-state index is 0.255. The molecule has 0 aliphatic carbocycles. The summed E-state index contributed by atoms with van der Waals surface area (Å²) in [5, 5.41) is 0. The first-order valence-corrected chi connectivity index (χ1v) is 7.35. The van der Waals surface area contributed by atoms with E-state index in [4.69, 9.17) is 0 Å². The molecule has 0 N–H and O–H groups in total. The summed E-state index contributed by atoms with van der Waals surface area (Å²) in [6.07, 6.45) is -1.97. The van der Waals surface area contributed by atoms with Gasteiger partial charge in [0.05, 0.1) is 23.1 Å². The number of ether oxygens (including phenoxy) is 1. The highest BCUT2D eigenvalue weighted by molar-refractivity contribution is 7.90. The molecule has 0 radical (unpaired) electrons. The van der Waals surface area contributed by atoms with Crippen molar-refractivity contribution in [1.82, 2.24) is 0 Å². The lowest BCUT2D eigenvalue weighted by molar-refractivity contribution is 0.0588. The number of halogens is 2. The zero-order valence-electron chi connectivity index (χ0n) is 10.7. The van der Waals surface area contributed by atoms with E-state index >= 15 is 0 Å². The molecule has 1 aromatic rings. The van der Waals surface area contributed by atoms with Gasteiger partial charge in [0, 0.05) is 6.26 Å². The summed E-state index contributed by atoms with van der Waals surface area (Å²) in [4.78, 5) is 11.0. The van der Waals surface area contributed by atoms with Crippen LogP contribution in [-0.2, 0) is 21.0 Å². The van der Waals surface area contributed by atoms with Crippen LogP contribution in [0.4, 0.5) is 8.78 Å². The molecule has 0 saturated carbocycles. The Morgan fingerprint density at radius 2 is 1.95 bits per heavy atom. The fraction of sp³-hybridized carbons (Fsp3) is 0.417. The van der Waals surface area contributed by atoms with Gasteiger partial charge in [0.1, 0.15) is 0 Å². The maximum absolute atomic E-state index is 13.2. The highest BCUT2D eigenvalue weighted by atomic mass is 32.2. The number of esters is 1. The van der Waals surface area contributed by atoms with Crippen molar-refractivity contribution in [3.8, 4) is 0 Å². The van der Waals surface area contributed by atoms with Crippen LogP contribution in [0.3, 0.4) is 0 Å². The highest BCUT2D eigenvalue weighted by Crippen LogP contribution is 2.33. The Morgan fingerprint density at radius 3 is 2.32 bits per heavy atom. The highest BCUT2D eigenvalue weighted by Gasteiger charge is 2.29. The molecule has 0 spiro atoms. The van der Waals surface area contributed by atoms with Crippen molar-refractivity contribution in [2.45, 2.75) is 24.7 Å². The fourth-order valence-electron chi connectivity index (χ4n) is 1.87. The van der Waals surface area contributed by atoms with Gasteiger partial charge in [-0.3, -0.25) is 0 Å². The lowest BCUT2D eigenvalue weighted by Crippen LogP contribution is -2.14. The lowest BCUT2D eigenvalue weighted by atomic mass is 10.0. The Hall–Kier alpha value is -1.50. The Bertz CT molecular complexity index is 594. The van der Waals surface area contributed by atoms with Crippen molar-refractivity contribution in [2.24, 2.45) is 0 Å². The predicted octanol–water partition coefficient (Wildman–Crippen LogP) is 2.38. The van der Waals surface area contributed by atoms with E-state index < -0.39 is 38.3 Å². The molecule has 0 atom stereocenters. The Labute approximate surface area is 110 Å². The van der Waals surface area contributed by atoms with E-state index in [1.807, 2.05) is 0 Å². The topological polar surface area (TPSA) is 60.4 Å². The van der Waals surface area contributed by atoms with Crippen LogP contribution in [0, 0.1) is 0 Å². The molecule has 0 saturated heterocycles. The van der Waals surface area contributed by atoms with Crippen molar-refractivity contribution < 1.29 is 26.7 Å². The first-order chi connectivity index (χ1) is 8.73. The summed E-state index contributed by atoms with van der Waals surface area (Å²) in [5.74, 6) is -0.983. The van der Waals surface area contributed by atoms with Gasteiger partial charge < -0.3 is 4.74 Å². The van der Waals surface area contributed by atoms with Crippen molar-refractivity contribution in [3.63, 3.8) is 0 Å². The van der Waals surface area contributed by atoms with Gasteiger partial charge >= 0.3 is 5.97 Å². The molecular formula is C12H14F2O4S. The number of hydrogen-bond donors (Lipinski definition) is 0. The summed E-state index contributed by atoms with van der Waals surface area (Å²) in [5.41, 5.74) is -0.950. The molecule has 0 amide bonds. The van der Waals surface area contributed by atoms with E-state index in [0.29, 0.717) is 0 Å². The average molecular weight is 292 g/mol. The second kappa shape index (κ2) is 5.64. The first kappa shape index (κ1) is 15.6. The van der Waals surface area contributed by atoms with Crippen LogP contribution >= 0.6 is 0 Å². The molecule has 19 heavy (non-hydrogen) atoms. The average Bonchev–Trinajstić information content (AvgIpc) is 2.34. The van der Waals surface area contributed by atoms with Gasteiger partial charge in [-0.15, -0.1) is 0 Å². The molecule has 0 aliphatic rings. The van der Waals surface area contributed by atoms with E-state index in [9.17, 15) is 22.0 Å². The van der Waals surface area contributed by atoms with Crippen LogP contribution in [0.15, 0.2) is 17.0 Å². The third-order valence-electron chi connectivity index (χ3n) is 2.65. The maximum Gasteiger partial charge on any atom is 0.338 e. The normalized spacial score (nSPS) is 11.7. The molecule has 0 aliphatic heterocycles. The van der Waals surface area contributed by atoms with Crippen LogP contribution in [-0.4, -0.2) is 27.8 Å². The first-order valence-electron chi connectivity index (χ1n) is 5.46. The standard InChI is InChI=1S/C12H14F2O4S/c1-4-7-5-6-8(12(15)18-2)9(11(13)14)10(7)19(3,16)17/h5-6,11H,4H2,1-3H3. The van der Waals surface area contributed by atoms with Gasteiger partial charge in [-0.25, -0.2) is 22.0 Å². The SMILES string of the molecule is CCc1ccc(C(=O)OC)c(C(F)F)c1S(C)(=O)=O. The fourth-order valence-corrected chi connectivity index (χ4v) is 3.15. The van der Waals surface area contributed by atoms with Crippen LogP contribution in [0.2, 0.25) is 0 Å². The number of carbonyl (C=O) groups is 1. The van der Waals surface area contributed by atoms with E-state index in [1.54, 1.807) is 6.92 Å². The number of rotatable bonds is 4. The third-order valence-corrected chi connectivity index (χ3v) is 3.88. The van der Waals surface area contributed by atoms with Gasteiger partial charge in [-0.1, -0.05) is 13.0 Å². The summed E-state index contributed by atoms with van der Waals surface area (Å²) < 4.78 is 54.2. The molecule has 4 nitrogen and oxygen atoms in total. The number of sulfone groups is 1. The van der Waals surface area contributed by atoms with Crippen molar-refractivity contribution >= 4 is 15.8 Å². The van der Waals surface area contributed by atoms with Gasteiger partial charge in [0.2, 0.25) is 0 Å². The molecule has 0 bridgehead atoms. The van der Waals surface area contributed by atoms with Crippen molar-refractivity contribution in [2.75, 3.05) is 13.4 Å². The molecule has 0 heterocycles. The molecule has 0 aromatic heterocycles. The molecular weight excluding hydrogens is 278 g/mol. The number of hydrogen-bond acceptors (Lipinski definition) is 4. The molecule has 7 heteroatoms. The van der Waals surface area contributed by atoms with Gasteiger partial charge in [-0.05, 0) is 18.1 Å². The van der Waals surface area contributed by atoms with E-state index in [2.05, 4.69) is 4.74 Å². The minimum atomic E-state index is -3.87. The second-order valence-corrected chi connectivity index (χ2v) is 5.89. The van der Waals surface area contributed by atoms with Crippen molar-refractivity contribution in [1.29, 1.82) is 0 Å². The molecule has 0 fully saturated rings. The smallest absolute Gasteiger partial charge is 0.338 e. The van der Waals surface area contributed by atoms with Crippen LogP contribution in [0.5, 0.6) is 0 Å². The zero-order valence-corrected chi connectivity index (χ0v) is 11.6. The third kappa shape index (κ3) is 3.09. The van der Waals surface area contributed by atoms with E-state index in [1.165, 1.54) is 12.1 Å². The summed E-state index contributed by atoms with van der Waals surface area (Å²) in [7, 11) is -2.83. The lowest BCUT2D eigenvalue weighted by Gasteiger charge is -2.15. The quantitative estimate of drug-likeness (QED) is 0.799. The number of benzene rings is 1. The molecule has 1 aromatic carbocycles. The van der Waals surface area contributed by atoms with Crippen LogP contribution in [0.25, 0.3) is 0 Å². The zero-order chi connectivity index (χ0) is 14.8. The number of methoxy groups -OCH3 is 1. The molecule has 106 valence electrons. The van der Waals surface area contributed by atoms with Crippen LogP contribution < -0.4 is 0 Å². The van der Waals surface area contributed by atoms with Gasteiger partial charge in [-0.2, -0.15) is 0 Å². The number of carbonyl (C=O) groups excluding carboxylic acids is 1. The van der Waals surface area contributed by atoms with E-state index in [-0.39, 0.29) is 12.0 Å². The minimum Gasteiger partial charge on any atom is -0.465 e. The largest absolute Gasteiger partial charge is 0.465 e. The molecule has 1 rings (SSSR count). The Balaban J connectivity index is 3.79. The van der Waals surface area contributed by atoms with Gasteiger partial charge in [0.25, 0.3) is 6.43 Å². The predicted molar refractivity (Wildman–Crippen MR) is 65.2 cm³/mol. The van der Waals surface area contributed by atoms with Crippen molar-refractivity contribution in [3.05, 3.63) is 28.8 Å². The summed E-state index contributed by atoms with van der Waals surface area (Å²) in [6.45, 7) is 1.65. The van der Waals surface area contributed by atoms with Gasteiger partial charge in [0.15, 0.2) is 9.84 Å². The van der Waals surface area contributed by atoms with E-state index in [0.717, 1.165) is 13.4 Å². The number of aryl methyl sites for hydroxylation is 1. The summed E-state index contributed by atoms with van der Waals surface area (Å²) >= 11 is 0. The maximum atomic E-state index is 13.2. The molecule has 0 unspecified atom stereocenters. The van der Waals surface area contributed by atoms with Crippen LogP contribution in [0.1, 0.15) is 34.8 Å².